The number of benzene rings is 3. The lowest BCUT2D eigenvalue weighted by Gasteiger charge is -2.38. The van der Waals surface area contributed by atoms with Crippen molar-refractivity contribution in [2.24, 2.45) is 0 Å². The summed E-state index contributed by atoms with van der Waals surface area (Å²) in [5, 5.41) is 6.49. The SMILES string of the molecule is COc1cccc2c1-c1ccc3c(c1C(c1ccccc1)O2)NC(=O)C(C)(C)N3. The van der Waals surface area contributed by atoms with E-state index in [4.69, 9.17) is 9.47 Å². The molecule has 0 fully saturated rings. The summed E-state index contributed by atoms with van der Waals surface area (Å²) in [6, 6.07) is 20.0. The number of fused-ring (bicyclic) bond motifs is 5. The van der Waals surface area contributed by atoms with Gasteiger partial charge in [0, 0.05) is 5.56 Å². The molecule has 146 valence electrons. The second-order valence-corrected chi connectivity index (χ2v) is 7.90. The van der Waals surface area contributed by atoms with Gasteiger partial charge >= 0.3 is 0 Å². The number of hydrogen-bond acceptors (Lipinski definition) is 4. The zero-order valence-corrected chi connectivity index (χ0v) is 16.6. The molecule has 3 aromatic rings. The molecule has 0 bridgehead atoms. The lowest BCUT2D eigenvalue weighted by molar-refractivity contribution is -0.119. The fourth-order valence-electron chi connectivity index (χ4n) is 4.11. The third-order valence-corrected chi connectivity index (χ3v) is 5.59. The minimum Gasteiger partial charge on any atom is -0.496 e. The van der Waals surface area contributed by atoms with Gasteiger partial charge in [0.25, 0.3) is 0 Å². The predicted octanol–water partition coefficient (Wildman–Crippen LogP) is 4.99. The smallest absolute Gasteiger partial charge is 0.249 e. The highest BCUT2D eigenvalue weighted by atomic mass is 16.5. The van der Waals surface area contributed by atoms with Gasteiger partial charge in [-0.05, 0) is 43.2 Å². The van der Waals surface area contributed by atoms with Gasteiger partial charge in [0.2, 0.25) is 5.91 Å². The molecule has 2 heterocycles. The normalized spacial score (nSPS) is 18.3. The maximum absolute atomic E-state index is 12.7. The molecule has 2 N–H and O–H groups in total. The summed E-state index contributed by atoms with van der Waals surface area (Å²) in [5.41, 5.74) is 4.82. The van der Waals surface area contributed by atoms with E-state index in [1.165, 1.54) is 0 Å². The first-order valence-corrected chi connectivity index (χ1v) is 9.65. The van der Waals surface area contributed by atoms with Crippen LogP contribution in [0.25, 0.3) is 11.1 Å². The lowest BCUT2D eigenvalue weighted by atomic mass is 9.85. The molecular formula is C24H22N2O3. The van der Waals surface area contributed by atoms with Gasteiger partial charge in [-0.25, -0.2) is 0 Å². The first-order valence-electron chi connectivity index (χ1n) is 9.65. The van der Waals surface area contributed by atoms with Crippen molar-refractivity contribution in [3.05, 3.63) is 71.8 Å². The Morgan fingerprint density at radius 1 is 1.00 bits per heavy atom. The van der Waals surface area contributed by atoms with Crippen LogP contribution in [-0.2, 0) is 4.79 Å². The van der Waals surface area contributed by atoms with Crippen LogP contribution < -0.4 is 20.1 Å². The molecule has 5 heteroatoms. The van der Waals surface area contributed by atoms with Crippen molar-refractivity contribution in [3.8, 4) is 22.6 Å². The third kappa shape index (κ3) is 2.65. The van der Waals surface area contributed by atoms with E-state index >= 15 is 0 Å². The van der Waals surface area contributed by atoms with Crippen molar-refractivity contribution < 1.29 is 14.3 Å². The first kappa shape index (κ1) is 17.6. The highest BCUT2D eigenvalue weighted by molar-refractivity contribution is 6.08. The zero-order chi connectivity index (χ0) is 20.2. The van der Waals surface area contributed by atoms with Crippen LogP contribution >= 0.6 is 0 Å². The Labute approximate surface area is 169 Å². The maximum atomic E-state index is 12.7. The second-order valence-electron chi connectivity index (χ2n) is 7.90. The number of methoxy groups -OCH3 is 1. The van der Waals surface area contributed by atoms with E-state index in [9.17, 15) is 4.79 Å². The molecule has 0 spiro atoms. The summed E-state index contributed by atoms with van der Waals surface area (Å²) in [7, 11) is 1.66. The zero-order valence-electron chi connectivity index (χ0n) is 16.6. The van der Waals surface area contributed by atoms with Crippen molar-refractivity contribution in [2.75, 3.05) is 17.7 Å². The topological polar surface area (TPSA) is 59.6 Å². The van der Waals surface area contributed by atoms with Gasteiger partial charge in [-0.15, -0.1) is 0 Å². The van der Waals surface area contributed by atoms with Gasteiger partial charge in [-0.3, -0.25) is 4.79 Å². The van der Waals surface area contributed by atoms with Gasteiger partial charge in [0.15, 0.2) is 6.10 Å². The van der Waals surface area contributed by atoms with Crippen molar-refractivity contribution in [2.45, 2.75) is 25.5 Å². The summed E-state index contributed by atoms with van der Waals surface area (Å²) in [4.78, 5) is 12.7. The molecular weight excluding hydrogens is 364 g/mol. The molecule has 0 aromatic heterocycles. The Bertz CT molecular complexity index is 1120. The molecule has 2 aliphatic heterocycles. The Hall–Kier alpha value is -3.47. The van der Waals surface area contributed by atoms with Gasteiger partial charge in [0.05, 0.1) is 24.0 Å². The summed E-state index contributed by atoms with van der Waals surface area (Å²) >= 11 is 0. The number of hydrogen-bond donors (Lipinski definition) is 2. The summed E-state index contributed by atoms with van der Waals surface area (Å²) in [6.45, 7) is 3.74. The third-order valence-electron chi connectivity index (χ3n) is 5.59. The average molecular weight is 386 g/mol. The number of carbonyl (C=O) groups excluding carboxylic acids is 1. The van der Waals surface area contributed by atoms with E-state index < -0.39 is 5.54 Å². The molecule has 0 saturated heterocycles. The number of carbonyl (C=O) groups is 1. The van der Waals surface area contributed by atoms with Crippen molar-refractivity contribution in [3.63, 3.8) is 0 Å². The van der Waals surface area contributed by atoms with Crippen LogP contribution in [0, 0.1) is 0 Å². The van der Waals surface area contributed by atoms with Crippen molar-refractivity contribution >= 4 is 17.3 Å². The van der Waals surface area contributed by atoms with E-state index in [0.717, 1.165) is 45.1 Å². The molecule has 1 atom stereocenters. The second kappa shape index (κ2) is 6.27. The standard InChI is InChI=1S/C24H22N2O3/c1-24(2)23(27)25-21-16(26-24)13-12-15-19-17(28-3)10-7-11-18(19)29-22(20(15)21)14-8-5-4-6-9-14/h4-13,22,26H,1-3H3,(H,25,27). The van der Waals surface area contributed by atoms with E-state index in [2.05, 4.69) is 16.7 Å². The monoisotopic (exact) mass is 386 g/mol. The number of amides is 1. The van der Waals surface area contributed by atoms with E-state index in [1.807, 2.05) is 68.4 Å². The fourth-order valence-corrected chi connectivity index (χ4v) is 4.11. The Kier molecular flexibility index (Phi) is 3.81. The highest BCUT2D eigenvalue weighted by Gasteiger charge is 2.39. The quantitative estimate of drug-likeness (QED) is 0.652. The number of ether oxygens (including phenoxy) is 2. The average Bonchev–Trinajstić information content (AvgIpc) is 2.73. The van der Waals surface area contributed by atoms with Gasteiger partial charge in [-0.2, -0.15) is 0 Å². The minimum atomic E-state index is -0.686. The largest absolute Gasteiger partial charge is 0.496 e. The molecule has 5 nitrogen and oxygen atoms in total. The molecule has 0 saturated carbocycles. The maximum Gasteiger partial charge on any atom is 0.249 e. The summed E-state index contributed by atoms with van der Waals surface area (Å²) in [6.07, 6.45) is -0.343. The molecule has 0 radical (unpaired) electrons. The Morgan fingerprint density at radius 3 is 2.55 bits per heavy atom. The number of anilines is 2. The van der Waals surface area contributed by atoms with Crippen LogP contribution in [-0.4, -0.2) is 18.6 Å². The number of nitrogens with one attached hydrogen (secondary N) is 2. The molecule has 1 amide bonds. The van der Waals surface area contributed by atoms with Crippen LogP contribution in [0.1, 0.15) is 31.1 Å². The summed E-state index contributed by atoms with van der Waals surface area (Å²) < 4.78 is 12.1. The lowest BCUT2D eigenvalue weighted by Crippen LogP contribution is -2.48. The van der Waals surface area contributed by atoms with Crippen molar-refractivity contribution in [1.29, 1.82) is 0 Å². The molecule has 1 unspecified atom stereocenters. The first-order chi connectivity index (χ1) is 14.0. The predicted molar refractivity (Wildman–Crippen MR) is 114 cm³/mol. The van der Waals surface area contributed by atoms with E-state index in [0.29, 0.717) is 0 Å². The van der Waals surface area contributed by atoms with Crippen molar-refractivity contribution in [1.82, 2.24) is 0 Å². The Morgan fingerprint density at radius 2 is 1.79 bits per heavy atom. The minimum absolute atomic E-state index is 0.0731. The highest BCUT2D eigenvalue weighted by Crippen LogP contribution is 2.53. The van der Waals surface area contributed by atoms with E-state index in [1.54, 1.807) is 7.11 Å². The molecule has 0 aliphatic carbocycles. The molecule has 5 rings (SSSR count). The van der Waals surface area contributed by atoms with Gasteiger partial charge in [0.1, 0.15) is 17.0 Å². The molecule has 29 heavy (non-hydrogen) atoms. The van der Waals surface area contributed by atoms with Gasteiger partial charge in [-0.1, -0.05) is 42.5 Å². The molecule has 3 aromatic carbocycles. The van der Waals surface area contributed by atoms with Crippen LogP contribution in [0.5, 0.6) is 11.5 Å². The number of rotatable bonds is 2. The summed E-state index contributed by atoms with van der Waals surface area (Å²) in [5.74, 6) is 1.43. The van der Waals surface area contributed by atoms with Crippen LogP contribution in [0.4, 0.5) is 11.4 Å². The van der Waals surface area contributed by atoms with E-state index in [-0.39, 0.29) is 12.0 Å². The van der Waals surface area contributed by atoms with Crippen LogP contribution in [0.3, 0.4) is 0 Å². The Balaban J connectivity index is 1.80. The molecule has 2 aliphatic rings. The van der Waals surface area contributed by atoms with Crippen LogP contribution in [0.2, 0.25) is 0 Å². The van der Waals surface area contributed by atoms with Crippen LogP contribution in [0.15, 0.2) is 60.7 Å². The fraction of sp³-hybridized carbons (Fsp3) is 0.208. The van der Waals surface area contributed by atoms with Gasteiger partial charge < -0.3 is 20.1 Å².